The summed E-state index contributed by atoms with van der Waals surface area (Å²) in [6.45, 7) is 4.15. The van der Waals surface area contributed by atoms with E-state index in [0.29, 0.717) is 6.54 Å². The molecule has 1 aliphatic rings. The largest absolute Gasteiger partial charge is 0.481 e. The van der Waals surface area contributed by atoms with Gasteiger partial charge in [-0.05, 0) is 32.6 Å². The van der Waals surface area contributed by atoms with Gasteiger partial charge in [0, 0.05) is 13.7 Å². The number of ether oxygens (including phenoxy) is 1. The van der Waals surface area contributed by atoms with Crippen molar-refractivity contribution in [3.8, 4) is 0 Å². The molecule has 2 N–H and O–H groups in total. The van der Waals surface area contributed by atoms with E-state index in [-0.39, 0.29) is 24.2 Å². The highest BCUT2D eigenvalue weighted by molar-refractivity contribution is 5.77. The van der Waals surface area contributed by atoms with Crippen molar-refractivity contribution in [2.24, 2.45) is 11.8 Å². The fraction of sp³-hybridized carbons (Fsp3) is 0.846. The van der Waals surface area contributed by atoms with E-state index in [0.717, 1.165) is 19.3 Å². The van der Waals surface area contributed by atoms with Gasteiger partial charge in [-0.15, -0.1) is 0 Å². The number of hydrogen-bond donors (Lipinski definition) is 2. The van der Waals surface area contributed by atoms with Crippen LogP contribution in [-0.2, 0) is 14.3 Å². The van der Waals surface area contributed by atoms with Gasteiger partial charge in [0.25, 0.3) is 0 Å². The minimum absolute atomic E-state index is 0.0668. The molecule has 104 valence electrons. The molecule has 0 heterocycles. The van der Waals surface area contributed by atoms with Crippen molar-refractivity contribution < 1.29 is 19.4 Å². The predicted molar refractivity (Wildman–Crippen MR) is 67.2 cm³/mol. The van der Waals surface area contributed by atoms with Crippen LogP contribution in [0.2, 0.25) is 0 Å². The molecule has 0 radical (unpaired) electrons. The SMILES string of the molecule is COC(C)(C)CC(=O)NCC1CCCC1C(=O)O. The lowest BCUT2D eigenvalue weighted by molar-refractivity contribution is -0.143. The number of carboxylic acid groups (broad SMARTS) is 1. The average molecular weight is 257 g/mol. The van der Waals surface area contributed by atoms with Crippen molar-refractivity contribution in [3.63, 3.8) is 0 Å². The van der Waals surface area contributed by atoms with Gasteiger partial charge in [0.2, 0.25) is 5.91 Å². The maximum Gasteiger partial charge on any atom is 0.306 e. The van der Waals surface area contributed by atoms with Crippen LogP contribution in [0, 0.1) is 11.8 Å². The van der Waals surface area contributed by atoms with Gasteiger partial charge in [-0.25, -0.2) is 0 Å². The smallest absolute Gasteiger partial charge is 0.306 e. The van der Waals surface area contributed by atoms with Gasteiger partial charge in [0.15, 0.2) is 0 Å². The molecular formula is C13H23NO4. The van der Waals surface area contributed by atoms with E-state index in [9.17, 15) is 9.59 Å². The Morgan fingerprint density at radius 2 is 2.06 bits per heavy atom. The van der Waals surface area contributed by atoms with Crippen LogP contribution in [0.4, 0.5) is 0 Å². The van der Waals surface area contributed by atoms with E-state index in [1.165, 1.54) is 0 Å². The molecule has 0 aliphatic heterocycles. The van der Waals surface area contributed by atoms with E-state index in [2.05, 4.69) is 5.32 Å². The van der Waals surface area contributed by atoms with Crippen LogP contribution < -0.4 is 5.32 Å². The number of hydrogen-bond acceptors (Lipinski definition) is 3. The summed E-state index contributed by atoms with van der Waals surface area (Å²) in [6.07, 6.45) is 2.82. The molecule has 1 aliphatic carbocycles. The zero-order valence-electron chi connectivity index (χ0n) is 11.4. The van der Waals surface area contributed by atoms with Crippen molar-refractivity contribution in [1.82, 2.24) is 5.32 Å². The van der Waals surface area contributed by atoms with Crippen molar-refractivity contribution in [1.29, 1.82) is 0 Å². The number of carbonyl (C=O) groups excluding carboxylic acids is 1. The molecule has 2 unspecified atom stereocenters. The molecular weight excluding hydrogens is 234 g/mol. The quantitative estimate of drug-likeness (QED) is 0.754. The van der Waals surface area contributed by atoms with Gasteiger partial charge in [-0.2, -0.15) is 0 Å². The number of nitrogens with one attached hydrogen (secondary N) is 1. The third kappa shape index (κ3) is 4.29. The molecule has 0 aromatic carbocycles. The van der Waals surface area contributed by atoms with Crippen LogP contribution in [0.5, 0.6) is 0 Å². The molecule has 5 nitrogen and oxygen atoms in total. The summed E-state index contributed by atoms with van der Waals surface area (Å²) >= 11 is 0. The maximum absolute atomic E-state index is 11.7. The van der Waals surface area contributed by atoms with Gasteiger partial charge in [0.05, 0.1) is 17.9 Å². The van der Waals surface area contributed by atoms with E-state index in [1.807, 2.05) is 13.8 Å². The minimum atomic E-state index is -0.746. The lowest BCUT2D eigenvalue weighted by Crippen LogP contribution is -2.37. The van der Waals surface area contributed by atoms with Crippen molar-refractivity contribution in [2.75, 3.05) is 13.7 Å². The second-order valence-electron chi connectivity index (χ2n) is 5.58. The fourth-order valence-electron chi connectivity index (χ4n) is 2.37. The first-order valence-corrected chi connectivity index (χ1v) is 6.40. The monoisotopic (exact) mass is 257 g/mol. The lowest BCUT2D eigenvalue weighted by atomic mass is 9.96. The Kier molecular flexibility index (Phi) is 5.14. The van der Waals surface area contributed by atoms with E-state index in [1.54, 1.807) is 7.11 Å². The zero-order valence-corrected chi connectivity index (χ0v) is 11.4. The van der Waals surface area contributed by atoms with Crippen LogP contribution in [-0.4, -0.2) is 36.2 Å². The van der Waals surface area contributed by atoms with Crippen LogP contribution in [0.3, 0.4) is 0 Å². The number of carbonyl (C=O) groups is 2. The molecule has 5 heteroatoms. The Bertz CT molecular complexity index is 314. The van der Waals surface area contributed by atoms with Gasteiger partial charge in [0.1, 0.15) is 0 Å². The normalized spacial score (nSPS) is 23.9. The number of aliphatic carboxylic acids is 1. The van der Waals surface area contributed by atoms with Crippen LogP contribution in [0.1, 0.15) is 39.5 Å². The molecule has 0 bridgehead atoms. The summed E-state index contributed by atoms with van der Waals surface area (Å²) in [7, 11) is 1.57. The molecule has 18 heavy (non-hydrogen) atoms. The second-order valence-corrected chi connectivity index (χ2v) is 5.58. The van der Waals surface area contributed by atoms with Gasteiger partial charge in [-0.3, -0.25) is 9.59 Å². The summed E-state index contributed by atoms with van der Waals surface area (Å²) in [5, 5.41) is 11.9. The summed E-state index contributed by atoms with van der Waals surface area (Å²) in [6, 6.07) is 0. The predicted octanol–water partition coefficient (Wildman–Crippen LogP) is 1.42. The molecule has 0 aromatic rings. The molecule has 0 spiro atoms. The molecule has 1 amide bonds. The van der Waals surface area contributed by atoms with Gasteiger partial charge < -0.3 is 15.2 Å². The first-order valence-electron chi connectivity index (χ1n) is 6.40. The standard InChI is InChI=1S/C13H23NO4/c1-13(2,18-3)7-11(15)14-8-9-5-4-6-10(9)12(16)17/h9-10H,4-8H2,1-3H3,(H,14,15)(H,16,17). The summed E-state index contributed by atoms with van der Waals surface area (Å²) in [4.78, 5) is 22.7. The Hall–Kier alpha value is -1.10. The van der Waals surface area contributed by atoms with Crippen molar-refractivity contribution in [2.45, 2.75) is 45.1 Å². The second kappa shape index (κ2) is 6.18. The minimum Gasteiger partial charge on any atom is -0.481 e. The number of carboxylic acids is 1. The first-order chi connectivity index (χ1) is 8.35. The Morgan fingerprint density at radius 1 is 1.39 bits per heavy atom. The molecule has 0 aromatic heterocycles. The fourth-order valence-corrected chi connectivity index (χ4v) is 2.37. The summed E-state index contributed by atoms with van der Waals surface area (Å²) < 4.78 is 5.18. The number of amides is 1. The summed E-state index contributed by atoms with van der Waals surface area (Å²) in [5.74, 6) is -1.07. The summed E-state index contributed by atoms with van der Waals surface area (Å²) in [5.41, 5.74) is -0.480. The molecule has 2 atom stereocenters. The first kappa shape index (κ1) is 15.0. The van der Waals surface area contributed by atoms with Crippen molar-refractivity contribution >= 4 is 11.9 Å². The van der Waals surface area contributed by atoms with Crippen LogP contribution >= 0.6 is 0 Å². The highest BCUT2D eigenvalue weighted by atomic mass is 16.5. The van der Waals surface area contributed by atoms with Gasteiger partial charge in [-0.1, -0.05) is 6.42 Å². The van der Waals surface area contributed by atoms with E-state index < -0.39 is 11.6 Å². The van der Waals surface area contributed by atoms with E-state index in [4.69, 9.17) is 9.84 Å². The Morgan fingerprint density at radius 3 is 2.61 bits per heavy atom. The molecule has 0 saturated heterocycles. The number of rotatable bonds is 6. The van der Waals surface area contributed by atoms with Crippen molar-refractivity contribution in [3.05, 3.63) is 0 Å². The highest BCUT2D eigenvalue weighted by Gasteiger charge is 2.33. The molecule has 1 fully saturated rings. The van der Waals surface area contributed by atoms with Crippen LogP contribution in [0.25, 0.3) is 0 Å². The van der Waals surface area contributed by atoms with E-state index >= 15 is 0 Å². The molecule has 1 rings (SSSR count). The highest BCUT2D eigenvalue weighted by Crippen LogP contribution is 2.31. The maximum atomic E-state index is 11.7. The zero-order chi connectivity index (χ0) is 13.8. The van der Waals surface area contributed by atoms with Gasteiger partial charge >= 0.3 is 5.97 Å². The third-order valence-electron chi connectivity index (χ3n) is 3.68. The topological polar surface area (TPSA) is 75.6 Å². The number of methoxy groups -OCH3 is 1. The lowest BCUT2D eigenvalue weighted by Gasteiger charge is -2.23. The Labute approximate surface area is 108 Å². The third-order valence-corrected chi connectivity index (χ3v) is 3.68. The Balaban J connectivity index is 2.36. The average Bonchev–Trinajstić information content (AvgIpc) is 2.74. The van der Waals surface area contributed by atoms with Crippen LogP contribution in [0.15, 0.2) is 0 Å². The molecule has 1 saturated carbocycles.